The fraction of sp³-hybridized carbons (Fsp3) is 1.00. The molecule has 2 aliphatic heterocycles. The fourth-order valence-electron chi connectivity index (χ4n) is 5.61. The Kier molecular flexibility index (Phi) is 5.90. The second-order valence-electron chi connectivity index (χ2n) is 8.44. The van der Waals surface area contributed by atoms with Crippen LogP contribution in [0.3, 0.4) is 0 Å². The van der Waals surface area contributed by atoms with Crippen molar-refractivity contribution >= 4 is 0 Å². The highest BCUT2D eigenvalue weighted by Crippen LogP contribution is 2.36. The molecule has 2 heterocycles. The highest BCUT2D eigenvalue weighted by molar-refractivity contribution is 4.79. The summed E-state index contributed by atoms with van der Waals surface area (Å²) in [6, 6.07) is 1.71. The van der Waals surface area contributed by atoms with Crippen LogP contribution in [0.1, 0.15) is 53.4 Å². The molecule has 3 rings (SSSR count). The lowest BCUT2D eigenvalue weighted by molar-refractivity contribution is -0.963. The summed E-state index contributed by atoms with van der Waals surface area (Å²) in [4.78, 5) is 0. The first-order valence-electron chi connectivity index (χ1n) is 10.6. The second-order valence-corrected chi connectivity index (χ2v) is 8.44. The van der Waals surface area contributed by atoms with Crippen molar-refractivity contribution < 1.29 is 18.4 Å². The van der Waals surface area contributed by atoms with Crippen molar-refractivity contribution in [3.05, 3.63) is 0 Å². The van der Waals surface area contributed by atoms with Crippen LogP contribution in [-0.4, -0.2) is 85.7 Å². The van der Waals surface area contributed by atoms with Crippen molar-refractivity contribution in [2.24, 2.45) is 0 Å². The SMILES string of the molecule is CC[N+](CC)(CC1CO1)C1CCC([N+](CC)(CC)CC2CO2)CC1. The van der Waals surface area contributed by atoms with Crippen LogP contribution in [0.2, 0.25) is 0 Å². The fourth-order valence-corrected chi connectivity index (χ4v) is 5.61. The molecule has 1 saturated carbocycles. The summed E-state index contributed by atoms with van der Waals surface area (Å²) in [5.41, 5.74) is 0. The summed E-state index contributed by atoms with van der Waals surface area (Å²) in [7, 11) is 0. The minimum absolute atomic E-state index is 0.552. The van der Waals surface area contributed by atoms with Gasteiger partial charge in [-0.05, 0) is 27.7 Å². The van der Waals surface area contributed by atoms with Crippen LogP contribution in [0.25, 0.3) is 0 Å². The van der Waals surface area contributed by atoms with E-state index in [1.54, 1.807) is 0 Å². The minimum Gasteiger partial charge on any atom is -0.367 e. The van der Waals surface area contributed by atoms with Crippen LogP contribution in [0.4, 0.5) is 0 Å². The topological polar surface area (TPSA) is 25.1 Å². The Morgan fingerprint density at radius 1 is 0.625 bits per heavy atom. The molecule has 0 aromatic rings. The lowest BCUT2D eigenvalue weighted by atomic mass is 9.85. The third-order valence-corrected chi connectivity index (χ3v) is 7.67. The summed E-state index contributed by atoms with van der Waals surface area (Å²) < 4.78 is 13.8. The number of quaternary nitrogens is 2. The average molecular weight is 341 g/mol. The zero-order valence-corrected chi connectivity index (χ0v) is 16.5. The Morgan fingerprint density at radius 2 is 0.917 bits per heavy atom. The molecule has 3 fully saturated rings. The Balaban J connectivity index is 1.62. The van der Waals surface area contributed by atoms with E-state index in [0.29, 0.717) is 12.2 Å². The number of likely N-dealkylation sites (N-methyl/N-ethyl adjacent to an activating group) is 2. The van der Waals surface area contributed by atoms with Gasteiger partial charge in [-0.25, -0.2) is 0 Å². The van der Waals surface area contributed by atoms with Gasteiger partial charge >= 0.3 is 0 Å². The van der Waals surface area contributed by atoms with E-state index in [1.807, 2.05) is 0 Å². The van der Waals surface area contributed by atoms with E-state index >= 15 is 0 Å². The van der Waals surface area contributed by atoms with Crippen LogP contribution in [0.5, 0.6) is 0 Å². The van der Waals surface area contributed by atoms with Gasteiger partial charge in [0.2, 0.25) is 0 Å². The average Bonchev–Trinajstić information content (AvgIpc) is 3.55. The number of nitrogens with zero attached hydrogens (tertiary/aromatic N) is 2. The molecule has 0 spiro atoms. The molecular formula is C20H40N2O2+2. The molecule has 0 N–H and O–H groups in total. The first-order chi connectivity index (χ1) is 11.6. The number of epoxide rings is 2. The van der Waals surface area contributed by atoms with E-state index in [0.717, 1.165) is 25.3 Å². The van der Waals surface area contributed by atoms with Crippen molar-refractivity contribution in [3.63, 3.8) is 0 Å². The van der Waals surface area contributed by atoms with E-state index in [-0.39, 0.29) is 0 Å². The third kappa shape index (κ3) is 3.82. The van der Waals surface area contributed by atoms with E-state index < -0.39 is 0 Å². The van der Waals surface area contributed by atoms with Crippen LogP contribution in [0.15, 0.2) is 0 Å². The van der Waals surface area contributed by atoms with Crippen LogP contribution in [0, 0.1) is 0 Å². The number of ether oxygens (including phenoxy) is 2. The number of hydrogen-bond donors (Lipinski definition) is 0. The Labute approximate surface area is 149 Å². The molecule has 0 aromatic heterocycles. The molecule has 4 nitrogen and oxygen atoms in total. The van der Waals surface area contributed by atoms with Crippen molar-refractivity contribution in [2.75, 3.05) is 52.5 Å². The molecule has 1 aliphatic carbocycles. The van der Waals surface area contributed by atoms with Gasteiger partial charge in [0, 0.05) is 25.7 Å². The number of rotatable bonds is 10. The predicted molar refractivity (Wildman–Crippen MR) is 97.9 cm³/mol. The van der Waals surface area contributed by atoms with E-state index in [4.69, 9.17) is 9.47 Å². The zero-order chi connectivity index (χ0) is 17.2. The highest BCUT2D eigenvalue weighted by atomic mass is 16.6. The maximum Gasteiger partial charge on any atom is 0.130 e. The summed E-state index contributed by atoms with van der Waals surface area (Å²) >= 11 is 0. The largest absolute Gasteiger partial charge is 0.367 e. The normalized spacial score (nSPS) is 33.5. The van der Waals surface area contributed by atoms with Crippen molar-refractivity contribution in [1.29, 1.82) is 0 Å². The molecule has 0 aromatic carbocycles. The molecule has 2 saturated heterocycles. The quantitative estimate of drug-likeness (QED) is 0.451. The smallest absolute Gasteiger partial charge is 0.130 e. The zero-order valence-electron chi connectivity index (χ0n) is 16.5. The Morgan fingerprint density at radius 3 is 1.12 bits per heavy atom. The Bertz CT molecular complexity index is 352. The van der Waals surface area contributed by atoms with Gasteiger partial charge in [-0.2, -0.15) is 0 Å². The lowest BCUT2D eigenvalue weighted by Crippen LogP contribution is -2.62. The van der Waals surface area contributed by atoms with Crippen LogP contribution < -0.4 is 0 Å². The van der Waals surface area contributed by atoms with Gasteiger partial charge in [0.15, 0.2) is 0 Å². The van der Waals surface area contributed by atoms with Gasteiger partial charge in [-0.15, -0.1) is 0 Å². The third-order valence-electron chi connectivity index (χ3n) is 7.67. The summed E-state index contributed by atoms with van der Waals surface area (Å²) in [6.07, 6.45) is 6.73. The molecule has 2 unspecified atom stereocenters. The molecule has 0 radical (unpaired) electrons. The lowest BCUT2D eigenvalue weighted by Gasteiger charge is -2.50. The highest BCUT2D eigenvalue weighted by Gasteiger charge is 2.46. The van der Waals surface area contributed by atoms with Crippen LogP contribution in [-0.2, 0) is 9.47 Å². The molecule has 140 valence electrons. The molecule has 4 heteroatoms. The first-order valence-corrected chi connectivity index (χ1v) is 10.6. The molecule has 3 aliphatic rings. The number of hydrogen-bond acceptors (Lipinski definition) is 2. The summed E-state index contributed by atoms with van der Waals surface area (Å²) in [5, 5.41) is 0. The van der Waals surface area contributed by atoms with Crippen molar-refractivity contribution in [3.8, 4) is 0 Å². The predicted octanol–water partition coefficient (Wildman–Crippen LogP) is 2.81. The van der Waals surface area contributed by atoms with Crippen molar-refractivity contribution in [1.82, 2.24) is 0 Å². The van der Waals surface area contributed by atoms with Gasteiger partial charge in [0.1, 0.15) is 25.3 Å². The minimum atomic E-state index is 0.552. The molecule has 0 amide bonds. The van der Waals surface area contributed by atoms with Crippen molar-refractivity contribution in [2.45, 2.75) is 77.7 Å². The maximum atomic E-state index is 5.59. The van der Waals surface area contributed by atoms with Gasteiger partial charge in [-0.3, -0.25) is 0 Å². The second kappa shape index (κ2) is 7.61. The molecule has 24 heavy (non-hydrogen) atoms. The van der Waals surface area contributed by atoms with E-state index in [9.17, 15) is 0 Å². The first kappa shape index (κ1) is 18.6. The van der Waals surface area contributed by atoms with E-state index in [1.165, 1.54) is 73.9 Å². The Hall–Kier alpha value is -0.160. The maximum absolute atomic E-state index is 5.59. The van der Waals surface area contributed by atoms with Gasteiger partial charge < -0.3 is 18.4 Å². The van der Waals surface area contributed by atoms with E-state index in [2.05, 4.69) is 27.7 Å². The standard InChI is InChI=1S/C20H40N2O2/c1-5-21(6-2,13-19-15-23-19)17-9-11-18(12-10-17)22(7-3,8-4)14-20-16-24-20/h17-20H,5-16H2,1-4H3/q+2. The summed E-state index contributed by atoms with van der Waals surface area (Å²) in [6.45, 7) is 19.1. The molecular weight excluding hydrogens is 300 g/mol. The monoisotopic (exact) mass is 340 g/mol. The molecule has 2 atom stereocenters. The summed E-state index contributed by atoms with van der Waals surface area (Å²) in [5.74, 6) is 0. The molecule has 0 bridgehead atoms. The van der Waals surface area contributed by atoms with Gasteiger partial charge in [0.05, 0.1) is 51.5 Å². The van der Waals surface area contributed by atoms with Gasteiger partial charge in [-0.1, -0.05) is 0 Å². The van der Waals surface area contributed by atoms with Crippen LogP contribution >= 0.6 is 0 Å². The van der Waals surface area contributed by atoms with Gasteiger partial charge in [0.25, 0.3) is 0 Å².